The van der Waals surface area contributed by atoms with E-state index < -0.39 is 16.1 Å². The molecule has 19 heavy (non-hydrogen) atoms. The lowest BCUT2D eigenvalue weighted by atomic mass is 10.3. The first-order valence-corrected chi connectivity index (χ1v) is 7.16. The lowest BCUT2D eigenvalue weighted by Crippen LogP contribution is -2.28. The molecule has 0 saturated heterocycles. The Kier molecular flexibility index (Phi) is 3.42. The van der Waals surface area contributed by atoms with E-state index in [0.717, 1.165) is 0 Å². The van der Waals surface area contributed by atoms with Gasteiger partial charge in [-0.1, -0.05) is 0 Å². The summed E-state index contributed by atoms with van der Waals surface area (Å²) in [7, 11) is -0.189. The third-order valence-corrected chi connectivity index (χ3v) is 4.37. The number of rotatable bonds is 4. The predicted molar refractivity (Wildman–Crippen MR) is 67.7 cm³/mol. The van der Waals surface area contributed by atoms with Crippen LogP contribution in [0.3, 0.4) is 0 Å². The van der Waals surface area contributed by atoms with Crippen LogP contribution in [0.5, 0.6) is 0 Å². The fraction of sp³-hybridized carbons (Fsp3) is 0.500. The van der Waals surface area contributed by atoms with Gasteiger partial charge in [-0.05, 0) is 13.8 Å². The molecule has 0 amide bonds. The van der Waals surface area contributed by atoms with E-state index in [-0.39, 0.29) is 4.90 Å². The highest BCUT2D eigenvalue weighted by Gasteiger charge is 2.24. The molecule has 1 unspecified atom stereocenters. The quantitative estimate of drug-likeness (QED) is 0.845. The van der Waals surface area contributed by atoms with Crippen molar-refractivity contribution in [1.82, 2.24) is 29.3 Å². The van der Waals surface area contributed by atoms with Crippen LogP contribution in [0.25, 0.3) is 0 Å². The molecule has 1 N–H and O–H groups in total. The second kappa shape index (κ2) is 4.74. The number of aryl methyl sites for hydroxylation is 3. The number of nitrogens with one attached hydrogen (secondary N) is 1. The molecule has 1 atom stereocenters. The van der Waals surface area contributed by atoms with Crippen LogP contribution in [0.1, 0.15) is 24.5 Å². The number of aromatic nitrogens is 5. The van der Waals surface area contributed by atoms with Crippen LogP contribution in [-0.2, 0) is 24.1 Å². The molecule has 0 bridgehead atoms. The van der Waals surface area contributed by atoms with E-state index >= 15 is 0 Å². The van der Waals surface area contributed by atoms with Crippen molar-refractivity contribution in [1.29, 1.82) is 0 Å². The third-order valence-electron chi connectivity index (χ3n) is 2.72. The minimum absolute atomic E-state index is 0.170. The normalized spacial score (nSPS) is 13.7. The highest BCUT2D eigenvalue weighted by Crippen LogP contribution is 2.16. The van der Waals surface area contributed by atoms with Crippen LogP contribution in [0.2, 0.25) is 0 Å². The largest absolute Gasteiger partial charge is 0.319 e. The van der Waals surface area contributed by atoms with Crippen molar-refractivity contribution < 1.29 is 8.42 Å². The molecule has 0 saturated carbocycles. The molecule has 9 heteroatoms. The Morgan fingerprint density at radius 1 is 1.37 bits per heavy atom. The van der Waals surface area contributed by atoms with Crippen LogP contribution in [0.4, 0.5) is 0 Å². The maximum atomic E-state index is 12.3. The van der Waals surface area contributed by atoms with Crippen LogP contribution in [0.15, 0.2) is 17.4 Å². The Bertz CT molecular complexity index is 687. The Balaban J connectivity index is 2.28. The van der Waals surface area contributed by atoms with Gasteiger partial charge in [0.2, 0.25) is 10.0 Å². The van der Waals surface area contributed by atoms with Gasteiger partial charge in [0.1, 0.15) is 17.0 Å². The van der Waals surface area contributed by atoms with Crippen molar-refractivity contribution in [3.63, 3.8) is 0 Å². The van der Waals surface area contributed by atoms with Gasteiger partial charge in [-0.3, -0.25) is 4.68 Å². The summed E-state index contributed by atoms with van der Waals surface area (Å²) in [5.41, 5.74) is 0.458. The van der Waals surface area contributed by atoms with Gasteiger partial charge in [0.05, 0.1) is 11.7 Å². The molecule has 0 fully saturated rings. The molecule has 2 aromatic rings. The van der Waals surface area contributed by atoms with Gasteiger partial charge in [0.25, 0.3) is 0 Å². The summed E-state index contributed by atoms with van der Waals surface area (Å²) in [5.74, 6) is 0.546. The number of nitrogens with zero attached hydrogens (tertiary/aromatic N) is 5. The first-order valence-electron chi connectivity index (χ1n) is 5.67. The minimum Gasteiger partial charge on any atom is -0.319 e. The number of hydrogen-bond acceptors (Lipinski definition) is 5. The van der Waals surface area contributed by atoms with Gasteiger partial charge in [0.15, 0.2) is 0 Å². The Hall–Kier alpha value is -1.74. The van der Waals surface area contributed by atoms with Gasteiger partial charge in [0, 0.05) is 20.3 Å². The molecule has 2 heterocycles. The lowest BCUT2D eigenvalue weighted by molar-refractivity contribution is 0.552. The van der Waals surface area contributed by atoms with Crippen molar-refractivity contribution in [2.24, 2.45) is 14.1 Å². The van der Waals surface area contributed by atoms with Crippen LogP contribution >= 0.6 is 0 Å². The fourth-order valence-corrected chi connectivity index (χ4v) is 3.29. The summed E-state index contributed by atoms with van der Waals surface area (Å²) >= 11 is 0. The van der Waals surface area contributed by atoms with E-state index in [9.17, 15) is 8.42 Å². The molecule has 0 radical (unpaired) electrons. The molecule has 0 aliphatic rings. The van der Waals surface area contributed by atoms with Gasteiger partial charge >= 0.3 is 0 Å². The summed E-state index contributed by atoms with van der Waals surface area (Å²) < 4.78 is 30.2. The van der Waals surface area contributed by atoms with Gasteiger partial charge < -0.3 is 4.57 Å². The molecule has 2 aromatic heterocycles. The summed E-state index contributed by atoms with van der Waals surface area (Å²) in [6.07, 6.45) is 3.00. The van der Waals surface area contributed by atoms with Crippen LogP contribution in [-0.4, -0.2) is 33.0 Å². The van der Waals surface area contributed by atoms with Gasteiger partial charge in [-0.2, -0.15) is 5.10 Å². The molecule has 2 rings (SSSR count). The van der Waals surface area contributed by atoms with E-state index in [1.807, 2.05) is 0 Å². The number of hydrogen-bond donors (Lipinski definition) is 1. The highest BCUT2D eigenvalue weighted by atomic mass is 32.2. The van der Waals surface area contributed by atoms with E-state index in [1.54, 1.807) is 32.5 Å². The van der Waals surface area contributed by atoms with Crippen molar-refractivity contribution in [3.05, 3.63) is 24.0 Å². The summed E-state index contributed by atoms with van der Waals surface area (Å²) in [5, 5.41) is 11.6. The predicted octanol–water partition coefficient (Wildman–Crippen LogP) is -0.103. The maximum absolute atomic E-state index is 12.3. The van der Waals surface area contributed by atoms with E-state index in [1.165, 1.54) is 17.2 Å². The average Bonchev–Trinajstić information content (AvgIpc) is 2.84. The Labute approximate surface area is 111 Å². The highest BCUT2D eigenvalue weighted by molar-refractivity contribution is 7.89. The number of sulfonamides is 1. The smallest absolute Gasteiger partial charge is 0.244 e. The summed E-state index contributed by atoms with van der Waals surface area (Å²) in [4.78, 5) is 0.170. The zero-order valence-corrected chi connectivity index (χ0v) is 12.0. The topological polar surface area (TPSA) is 94.7 Å². The fourth-order valence-electron chi connectivity index (χ4n) is 1.87. The molecular weight excluding hydrogens is 268 g/mol. The van der Waals surface area contributed by atoms with Crippen molar-refractivity contribution in [2.45, 2.75) is 24.8 Å². The minimum atomic E-state index is -3.63. The van der Waals surface area contributed by atoms with E-state index in [0.29, 0.717) is 11.5 Å². The second-order valence-corrected chi connectivity index (χ2v) is 6.08. The van der Waals surface area contributed by atoms with Crippen molar-refractivity contribution >= 4 is 10.0 Å². The third kappa shape index (κ3) is 2.66. The zero-order chi connectivity index (χ0) is 14.2. The SMILES string of the molecule is Cc1nn(C)cc1S(=O)(=O)NC(C)c1nncn1C. The monoisotopic (exact) mass is 284 g/mol. The Morgan fingerprint density at radius 2 is 2.05 bits per heavy atom. The van der Waals surface area contributed by atoms with Gasteiger partial charge in [-0.25, -0.2) is 13.1 Å². The van der Waals surface area contributed by atoms with Crippen LogP contribution in [0, 0.1) is 6.92 Å². The molecule has 8 nitrogen and oxygen atoms in total. The molecule has 0 aliphatic heterocycles. The average molecular weight is 284 g/mol. The second-order valence-electron chi connectivity index (χ2n) is 4.40. The van der Waals surface area contributed by atoms with Crippen molar-refractivity contribution in [3.8, 4) is 0 Å². The maximum Gasteiger partial charge on any atom is 0.244 e. The van der Waals surface area contributed by atoms with Gasteiger partial charge in [-0.15, -0.1) is 10.2 Å². The zero-order valence-electron chi connectivity index (χ0n) is 11.2. The molecule has 0 aromatic carbocycles. The molecule has 104 valence electrons. The van der Waals surface area contributed by atoms with Crippen LogP contribution < -0.4 is 4.72 Å². The van der Waals surface area contributed by atoms with E-state index in [4.69, 9.17) is 0 Å². The lowest BCUT2D eigenvalue weighted by Gasteiger charge is -2.12. The first kappa shape index (κ1) is 13.7. The Morgan fingerprint density at radius 3 is 2.53 bits per heavy atom. The molecule has 0 aliphatic carbocycles. The first-order chi connectivity index (χ1) is 8.81. The van der Waals surface area contributed by atoms with E-state index in [2.05, 4.69) is 20.0 Å². The van der Waals surface area contributed by atoms with Crippen molar-refractivity contribution in [2.75, 3.05) is 0 Å². The molecule has 0 spiro atoms. The molecular formula is C10H16N6O2S. The summed E-state index contributed by atoms with van der Waals surface area (Å²) in [6.45, 7) is 3.37. The summed E-state index contributed by atoms with van der Waals surface area (Å²) in [6, 6.07) is -0.475. The standard InChI is InChI=1S/C10H16N6O2S/c1-7-9(5-16(4)13-7)19(17,18)14-8(2)10-12-11-6-15(10)3/h5-6,8,14H,1-4H3.